The van der Waals surface area contributed by atoms with Crippen molar-refractivity contribution in [2.45, 2.75) is 44.9 Å². The average molecular weight is 437 g/mol. The Bertz CT molecular complexity index is 875. The molecule has 2 fully saturated rings. The third kappa shape index (κ3) is 6.02. The van der Waals surface area contributed by atoms with Gasteiger partial charge in [0.2, 0.25) is 0 Å². The molecule has 0 bridgehead atoms. The number of likely N-dealkylation sites (tertiary alicyclic amines) is 1. The number of aliphatic imine (C=N–C) groups is 1. The first-order valence-corrected chi connectivity index (χ1v) is 11.8. The van der Waals surface area contributed by atoms with Crippen LogP contribution in [0.4, 0.5) is 0 Å². The standard InChI is InChI=1S/C26H36N4O2/c1-20-10-11-22(25(16-20)32-23-12-15-31-19-23)17-28-26(27-2)29-18-24(30-13-6-7-14-30)21-8-4-3-5-9-21/h3-5,8-11,16,23-24H,6-7,12-15,17-19H2,1-2H3,(H2,27,28,29). The molecule has 2 aromatic rings. The minimum Gasteiger partial charge on any atom is -0.488 e. The molecule has 6 nitrogen and oxygen atoms in total. The lowest BCUT2D eigenvalue weighted by Crippen LogP contribution is -2.42. The van der Waals surface area contributed by atoms with E-state index in [0.717, 1.165) is 49.9 Å². The third-order valence-corrected chi connectivity index (χ3v) is 6.30. The first kappa shape index (κ1) is 22.6. The van der Waals surface area contributed by atoms with Crippen molar-refractivity contribution in [3.05, 3.63) is 65.2 Å². The highest BCUT2D eigenvalue weighted by Gasteiger charge is 2.23. The molecule has 2 saturated heterocycles. The Morgan fingerprint density at radius 2 is 1.97 bits per heavy atom. The van der Waals surface area contributed by atoms with Gasteiger partial charge in [-0.15, -0.1) is 0 Å². The number of benzene rings is 2. The molecule has 2 heterocycles. The summed E-state index contributed by atoms with van der Waals surface area (Å²) in [6, 6.07) is 17.5. The Hall–Kier alpha value is -2.57. The zero-order chi connectivity index (χ0) is 22.2. The topological polar surface area (TPSA) is 58.1 Å². The predicted molar refractivity (Wildman–Crippen MR) is 129 cm³/mol. The van der Waals surface area contributed by atoms with Crippen LogP contribution in [0.15, 0.2) is 53.5 Å². The molecule has 2 atom stereocenters. The monoisotopic (exact) mass is 436 g/mol. The van der Waals surface area contributed by atoms with Crippen LogP contribution in [0.5, 0.6) is 5.75 Å². The molecule has 0 saturated carbocycles. The van der Waals surface area contributed by atoms with Crippen LogP contribution in [0.2, 0.25) is 0 Å². The molecule has 0 spiro atoms. The molecule has 0 aromatic heterocycles. The summed E-state index contributed by atoms with van der Waals surface area (Å²) >= 11 is 0. The van der Waals surface area contributed by atoms with E-state index >= 15 is 0 Å². The van der Waals surface area contributed by atoms with Crippen LogP contribution >= 0.6 is 0 Å². The quantitative estimate of drug-likeness (QED) is 0.489. The van der Waals surface area contributed by atoms with Crippen molar-refractivity contribution in [3.63, 3.8) is 0 Å². The summed E-state index contributed by atoms with van der Waals surface area (Å²) in [5, 5.41) is 7.03. The number of nitrogens with zero attached hydrogens (tertiary/aromatic N) is 2. The van der Waals surface area contributed by atoms with Crippen molar-refractivity contribution >= 4 is 5.96 Å². The molecule has 2 aliphatic rings. The molecule has 6 heteroatoms. The first-order chi connectivity index (χ1) is 15.7. The van der Waals surface area contributed by atoms with Crippen LogP contribution in [-0.2, 0) is 11.3 Å². The molecular weight excluding hydrogens is 400 g/mol. The number of guanidine groups is 1. The van der Waals surface area contributed by atoms with Gasteiger partial charge in [0.15, 0.2) is 5.96 Å². The fraction of sp³-hybridized carbons (Fsp3) is 0.500. The summed E-state index contributed by atoms with van der Waals surface area (Å²) in [7, 11) is 1.82. The molecule has 32 heavy (non-hydrogen) atoms. The van der Waals surface area contributed by atoms with Gasteiger partial charge >= 0.3 is 0 Å². The van der Waals surface area contributed by atoms with E-state index < -0.39 is 0 Å². The summed E-state index contributed by atoms with van der Waals surface area (Å²) in [5.74, 6) is 1.74. The molecule has 0 radical (unpaired) electrons. The highest BCUT2D eigenvalue weighted by atomic mass is 16.5. The van der Waals surface area contributed by atoms with Gasteiger partial charge in [-0.05, 0) is 50.0 Å². The molecule has 2 unspecified atom stereocenters. The number of hydrogen-bond acceptors (Lipinski definition) is 4. The third-order valence-electron chi connectivity index (χ3n) is 6.30. The molecule has 2 aliphatic heterocycles. The van der Waals surface area contributed by atoms with Crippen molar-refractivity contribution in [2.75, 3.05) is 39.9 Å². The minimum absolute atomic E-state index is 0.139. The lowest BCUT2D eigenvalue weighted by atomic mass is 10.1. The SMILES string of the molecule is CN=C(NCc1ccc(C)cc1OC1CCOC1)NCC(c1ccccc1)N1CCCC1. The number of hydrogen-bond donors (Lipinski definition) is 2. The molecular formula is C26H36N4O2. The highest BCUT2D eigenvalue weighted by Crippen LogP contribution is 2.25. The summed E-state index contributed by atoms with van der Waals surface area (Å²) in [6.07, 6.45) is 3.64. The summed E-state index contributed by atoms with van der Waals surface area (Å²) < 4.78 is 11.7. The van der Waals surface area contributed by atoms with Crippen molar-refractivity contribution in [2.24, 2.45) is 4.99 Å². The molecule has 0 amide bonds. The average Bonchev–Trinajstić information content (AvgIpc) is 3.53. The first-order valence-electron chi connectivity index (χ1n) is 11.8. The Balaban J connectivity index is 1.37. The Morgan fingerprint density at radius 3 is 2.69 bits per heavy atom. The summed E-state index contributed by atoms with van der Waals surface area (Å²) in [6.45, 7) is 7.33. The van der Waals surface area contributed by atoms with Gasteiger partial charge in [-0.2, -0.15) is 0 Å². The van der Waals surface area contributed by atoms with Crippen LogP contribution in [0.3, 0.4) is 0 Å². The van der Waals surface area contributed by atoms with Crippen LogP contribution in [0, 0.1) is 6.92 Å². The van der Waals surface area contributed by atoms with Crippen LogP contribution < -0.4 is 15.4 Å². The van der Waals surface area contributed by atoms with Gasteiger partial charge in [0, 0.05) is 32.1 Å². The largest absolute Gasteiger partial charge is 0.488 e. The molecule has 4 rings (SSSR count). The second kappa shape index (κ2) is 11.3. The fourth-order valence-electron chi connectivity index (χ4n) is 4.48. The van der Waals surface area contributed by atoms with Crippen molar-refractivity contribution < 1.29 is 9.47 Å². The van der Waals surface area contributed by atoms with Crippen LogP contribution in [0.1, 0.15) is 42.0 Å². The maximum Gasteiger partial charge on any atom is 0.191 e. The lowest BCUT2D eigenvalue weighted by Gasteiger charge is -2.29. The van der Waals surface area contributed by atoms with Gasteiger partial charge in [-0.1, -0.05) is 42.5 Å². The van der Waals surface area contributed by atoms with Crippen molar-refractivity contribution in [3.8, 4) is 5.75 Å². The maximum atomic E-state index is 6.24. The van der Waals surface area contributed by atoms with Crippen molar-refractivity contribution in [1.82, 2.24) is 15.5 Å². The summed E-state index contributed by atoms with van der Waals surface area (Å²) in [5.41, 5.74) is 3.68. The number of aryl methyl sites for hydroxylation is 1. The molecule has 2 N–H and O–H groups in total. The molecule has 172 valence electrons. The van der Waals surface area contributed by atoms with E-state index in [0.29, 0.717) is 19.2 Å². The highest BCUT2D eigenvalue weighted by molar-refractivity contribution is 5.79. The number of nitrogens with one attached hydrogen (secondary N) is 2. The maximum absolute atomic E-state index is 6.24. The normalized spacial score (nSPS) is 20.3. The van der Waals surface area contributed by atoms with E-state index in [1.807, 2.05) is 7.05 Å². The molecule has 0 aliphatic carbocycles. The zero-order valence-corrected chi connectivity index (χ0v) is 19.3. The minimum atomic E-state index is 0.139. The molecule has 2 aromatic carbocycles. The lowest BCUT2D eigenvalue weighted by molar-refractivity contribution is 0.140. The number of ether oxygens (including phenoxy) is 2. The Labute approximate surface area is 192 Å². The second-order valence-corrected chi connectivity index (χ2v) is 8.69. The fourth-order valence-corrected chi connectivity index (χ4v) is 4.48. The van der Waals surface area contributed by atoms with Crippen LogP contribution in [-0.4, -0.2) is 56.9 Å². The van der Waals surface area contributed by atoms with Gasteiger partial charge in [-0.3, -0.25) is 9.89 Å². The van der Waals surface area contributed by atoms with E-state index in [9.17, 15) is 0 Å². The zero-order valence-electron chi connectivity index (χ0n) is 19.3. The van der Waals surface area contributed by atoms with Gasteiger partial charge < -0.3 is 20.1 Å². The van der Waals surface area contributed by atoms with Gasteiger partial charge in [-0.25, -0.2) is 0 Å². The predicted octanol–water partition coefficient (Wildman–Crippen LogP) is 3.66. The number of rotatable bonds is 8. The van der Waals surface area contributed by atoms with Crippen molar-refractivity contribution in [1.29, 1.82) is 0 Å². The van der Waals surface area contributed by atoms with Gasteiger partial charge in [0.05, 0.1) is 19.3 Å². The van der Waals surface area contributed by atoms with E-state index in [4.69, 9.17) is 9.47 Å². The Kier molecular flexibility index (Phi) is 8.02. The van der Waals surface area contributed by atoms with E-state index in [2.05, 4.69) is 76.0 Å². The smallest absolute Gasteiger partial charge is 0.191 e. The second-order valence-electron chi connectivity index (χ2n) is 8.69. The van der Waals surface area contributed by atoms with Gasteiger partial charge in [0.25, 0.3) is 0 Å². The van der Waals surface area contributed by atoms with E-state index in [-0.39, 0.29) is 6.10 Å². The summed E-state index contributed by atoms with van der Waals surface area (Å²) in [4.78, 5) is 7.04. The Morgan fingerprint density at radius 1 is 1.16 bits per heavy atom. The van der Waals surface area contributed by atoms with Gasteiger partial charge in [0.1, 0.15) is 11.9 Å². The van der Waals surface area contributed by atoms with E-state index in [1.54, 1.807) is 0 Å². The van der Waals surface area contributed by atoms with Crippen LogP contribution in [0.25, 0.3) is 0 Å². The van der Waals surface area contributed by atoms with E-state index in [1.165, 1.54) is 24.0 Å².